The zero-order valence-electron chi connectivity index (χ0n) is 13.3. The minimum atomic E-state index is 0. The third kappa shape index (κ3) is 5.32. The predicted molar refractivity (Wildman–Crippen MR) is 116 cm³/mol. The number of nitrogens with one attached hydrogen (secondary N) is 3. The molecule has 0 aliphatic heterocycles. The minimum Gasteiger partial charge on any atom is -0.360 e. The second-order valence-electron chi connectivity index (χ2n) is 4.85. The van der Waals surface area contributed by atoms with Crippen molar-refractivity contribution in [2.75, 3.05) is 25.5 Å². The molecule has 0 fully saturated rings. The van der Waals surface area contributed by atoms with Gasteiger partial charge >= 0.3 is 0 Å². The van der Waals surface area contributed by atoms with Gasteiger partial charge < -0.3 is 16.0 Å². The molecule has 0 aliphatic carbocycles. The van der Waals surface area contributed by atoms with Gasteiger partial charge in [0.05, 0.1) is 16.8 Å². The number of thiophene rings is 1. The van der Waals surface area contributed by atoms with E-state index in [-0.39, 0.29) is 24.0 Å². The van der Waals surface area contributed by atoms with E-state index in [0.29, 0.717) is 0 Å². The van der Waals surface area contributed by atoms with E-state index in [9.17, 15) is 0 Å². The Morgan fingerprint density at radius 2 is 2.00 bits per heavy atom. The van der Waals surface area contributed by atoms with E-state index >= 15 is 0 Å². The molecule has 3 N–H and O–H groups in total. The van der Waals surface area contributed by atoms with Crippen molar-refractivity contribution < 1.29 is 0 Å². The van der Waals surface area contributed by atoms with Crippen LogP contribution < -0.4 is 16.0 Å². The van der Waals surface area contributed by atoms with Crippen LogP contribution in [0, 0.1) is 0 Å². The van der Waals surface area contributed by atoms with E-state index in [1.54, 1.807) is 29.7 Å². The van der Waals surface area contributed by atoms with Gasteiger partial charge in [-0.05, 0) is 23.6 Å². The van der Waals surface area contributed by atoms with Gasteiger partial charge in [0.1, 0.15) is 0 Å². The van der Waals surface area contributed by atoms with Crippen LogP contribution in [-0.2, 0) is 6.54 Å². The summed E-state index contributed by atoms with van der Waals surface area (Å²) in [5.74, 6) is 0.810. The van der Waals surface area contributed by atoms with Gasteiger partial charge in [0, 0.05) is 25.0 Å². The fourth-order valence-electron chi connectivity index (χ4n) is 2.10. The molecule has 0 saturated heterocycles. The highest BCUT2D eigenvalue weighted by atomic mass is 127. The van der Waals surface area contributed by atoms with Crippen LogP contribution in [-0.4, -0.2) is 31.1 Å². The minimum absolute atomic E-state index is 0. The molecule has 0 aliphatic rings. The van der Waals surface area contributed by atoms with Crippen molar-refractivity contribution in [2.45, 2.75) is 6.54 Å². The van der Waals surface area contributed by atoms with Crippen LogP contribution in [0.3, 0.4) is 0 Å². The Labute approximate surface area is 166 Å². The maximum absolute atomic E-state index is 4.55. The summed E-state index contributed by atoms with van der Waals surface area (Å²) in [5, 5.41) is 13.0. The molecule has 8 heteroatoms. The lowest BCUT2D eigenvalue weighted by Crippen LogP contribution is -2.39. The number of guanidine groups is 1. The standard InChI is InChI=1S/C16H19N5S2.HI/c1-17-15(20-11-12-5-4-10-22-12)18-8-9-19-16-21-13-6-2-3-7-14(13)23-16;/h2-7,10H,8-9,11H2,1H3,(H,19,21)(H2,17,18,20);1H. The molecular formula is C16H20IN5S2. The van der Waals surface area contributed by atoms with E-state index in [1.165, 1.54) is 9.58 Å². The lowest BCUT2D eigenvalue weighted by Gasteiger charge is -2.11. The first kappa shape index (κ1) is 18.9. The molecular weight excluding hydrogens is 453 g/mol. The van der Waals surface area contributed by atoms with Crippen molar-refractivity contribution in [1.29, 1.82) is 0 Å². The average molecular weight is 473 g/mol. The molecule has 5 nitrogen and oxygen atoms in total. The number of hydrogen-bond acceptors (Lipinski definition) is 5. The Morgan fingerprint density at radius 1 is 1.12 bits per heavy atom. The Balaban J connectivity index is 0.00000208. The monoisotopic (exact) mass is 473 g/mol. The van der Waals surface area contributed by atoms with Gasteiger partial charge in [-0.25, -0.2) is 4.98 Å². The van der Waals surface area contributed by atoms with Gasteiger partial charge in [0.25, 0.3) is 0 Å². The van der Waals surface area contributed by atoms with Crippen LogP contribution in [0.2, 0.25) is 0 Å². The van der Waals surface area contributed by atoms with Crippen LogP contribution in [0.4, 0.5) is 5.13 Å². The number of nitrogens with zero attached hydrogens (tertiary/aromatic N) is 2. The van der Waals surface area contributed by atoms with Crippen molar-refractivity contribution in [1.82, 2.24) is 15.6 Å². The summed E-state index contributed by atoms with van der Waals surface area (Å²) >= 11 is 3.41. The summed E-state index contributed by atoms with van der Waals surface area (Å²) in [6.45, 7) is 2.36. The summed E-state index contributed by atoms with van der Waals surface area (Å²) in [6.07, 6.45) is 0. The van der Waals surface area contributed by atoms with Crippen LogP contribution in [0.15, 0.2) is 46.8 Å². The Kier molecular flexibility index (Phi) is 7.73. The third-order valence-electron chi connectivity index (χ3n) is 3.22. The molecule has 0 amide bonds. The van der Waals surface area contributed by atoms with E-state index < -0.39 is 0 Å². The fraction of sp³-hybridized carbons (Fsp3) is 0.250. The molecule has 0 saturated carbocycles. The number of anilines is 1. The first-order chi connectivity index (χ1) is 11.3. The fourth-order valence-corrected chi connectivity index (χ4v) is 3.64. The van der Waals surface area contributed by atoms with E-state index in [2.05, 4.69) is 49.5 Å². The van der Waals surface area contributed by atoms with Crippen molar-refractivity contribution >= 4 is 68.0 Å². The second-order valence-corrected chi connectivity index (χ2v) is 6.91. The lowest BCUT2D eigenvalue weighted by molar-refractivity contribution is 0.819. The van der Waals surface area contributed by atoms with Crippen LogP contribution in [0.5, 0.6) is 0 Å². The number of aromatic nitrogens is 1. The van der Waals surface area contributed by atoms with Gasteiger partial charge in [0.15, 0.2) is 11.1 Å². The van der Waals surface area contributed by atoms with Crippen molar-refractivity contribution in [3.63, 3.8) is 0 Å². The quantitative estimate of drug-likeness (QED) is 0.221. The maximum Gasteiger partial charge on any atom is 0.191 e. The molecule has 128 valence electrons. The lowest BCUT2D eigenvalue weighted by atomic mass is 10.3. The summed E-state index contributed by atoms with van der Waals surface area (Å²) in [5.41, 5.74) is 1.04. The number of thiazole rings is 1. The van der Waals surface area contributed by atoms with Gasteiger partial charge in [0.2, 0.25) is 0 Å². The molecule has 0 bridgehead atoms. The first-order valence-corrected chi connectivity index (χ1v) is 9.11. The van der Waals surface area contributed by atoms with Crippen molar-refractivity contribution in [3.8, 4) is 0 Å². The van der Waals surface area contributed by atoms with Gasteiger partial charge in [-0.3, -0.25) is 4.99 Å². The topological polar surface area (TPSA) is 61.3 Å². The van der Waals surface area contributed by atoms with Crippen LogP contribution in [0.25, 0.3) is 10.2 Å². The molecule has 3 rings (SSSR count). The number of aliphatic imine (C=N–C) groups is 1. The maximum atomic E-state index is 4.55. The molecule has 2 heterocycles. The molecule has 3 aromatic rings. The Hall–Kier alpha value is -1.39. The van der Waals surface area contributed by atoms with Gasteiger partial charge in [-0.15, -0.1) is 35.3 Å². The highest BCUT2D eigenvalue weighted by molar-refractivity contribution is 14.0. The smallest absolute Gasteiger partial charge is 0.191 e. The number of hydrogen-bond donors (Lipinski definition) is 3. The normalized spacial score (nSPS) is 11.1. The molecule has 1 aromatic carbocycles. The summed E-state index contributed by atoms with van der Waals surface area (Å²) in [4.78, 5) is 10.1. The SMILES string of the molecule is CN=C(NCCNc1nc2ccccc2s1)NCc1cccs1.I. The molecule has 2 aromatic heterocycles. The van der Waals surface area contributed by atoms with Crippen molar-refractivity contribution in [3.05, 3.63) is 46.7 Å². The third-order valence-corrected chi connectivity index (χ3v) is 5.09. The first-order valence-electron chi connectivity index (χ1n) is 7.41. The molecule has 0 unspecified atom stereocenters. The number of rotatable bonds is 6. The van der Waals surface area contributed by atoms with Crippen LogP contribution >= 0.6 is 46.7 Å². The zero-order chi connectivity index (χ0) is 15.9. The highest BCUT2D eigenvalue weighted by Crippen LogP contribution is 2.24. The summed E-state index contributed by atoms with van der Waals surface area (Å²) in [6, 6.07) is 12.3. The number of halogens is 1. The summed E-state index contributed by atoms with van der Waals surface area (Å²) < 4.78 is 1.20. The number of para-hydroxylation sites is 1. The zero-order valence-corrected chi connectivity index (χ0v) is 17.2. The van der Waals surface area contributed by atoms with Crippen LogP contribution in [0.1, 0.15) is 4.88 Å². The van der Waals surface area contributed by atoms with E-state index in [4.69, 9.17) is 0 Å². The van der Waals surface area contributed by atoms with E-state index in [1.807, 2.05) is 18.2 Å². The number of fused-ring (bicyclic) bond motifs is 1. The Morgan fingerprint density at radius 3 is 2.75 bits per heavy atom. The summed E-state index contributed by atoms with van der Waals surface area (Å²) in [7, 11) is 1.78. The molecule has 0 spiro atoms. The van der Waals surface area contributed by atoms with Crippen molar-refractivity contribution in [2.24, 2.45) is 4.99 Å². The predicted octanol–water partition coefficient (Wildman–Crippen LogP) is 3.75. The average Bonchev–Trinajstić information content (AvgIpc) is 3.23. The van der Waals surface area contributed by atoms with Gasteiger partial charge in [-0.2, -0.15) is 0 Å². The molecule has 0 radical (unpaired) electrons. The molecule has 24 heavy (non-hydrogen) atoms. The van der Waals surface area contributed by atoms with E-state index in [0.717, 1.165) is 36.2 Å². The number of benzene rings is 1. The molecule has 0 atom stereocenters. The van der Waals surface area contributed by atoms with Gasteiger partial charge in [-0.1, -0.05) is 29.5 Å². The Bertz CT molecular complexity index is 737. The second kappa shape index (κ2) is 9.80. The highest BCUT2D eigenvalue weighted by Gasteiger charge is 2.02. The largest absolute Gasteiger partial charge is 0.360 e.